The predicted molar refractivity (Wildman–Crippen MR) is 137 cm³/mol. The number of aliphatic imine (C=N–C) groups is 1. The second kappa shape index (κ2) is 13.5. The molecule has 0 atom stereocenters. The lowest BCUT2D eigenvalue weighted by atomic mass is 9.90. The molecule has 2 heterocycles. The van der Waals surface area contributed by atoms with Gasteiger partial charge in [-0.25, -0.2) is 4.98 Å². The number of piperidine rings is 1. The molecule has 3 rings (SSSR count). The van der Waals surface area contributed by atoms with Gasteiger partial charge in [-0.2, -0.15) is 0 Å². The van der Waals surface area contributed by atoms with Crippen LogP contribution >= 0.6 is 35.6 Å². The van der Waals surface area contributed by atoms with Crippen LogP contribution in [-0.4, -0.2) is 55.0 Å². The average molecular weight is 556 g/mol. The number of nitrogens with zero attached hydrogens (tertiary/aromatic N) is 3. The SMILES string of the molecule is CN=C(NCCc1ccc(Cl)nc1)NCC(=O)N1CCC(Cc2ccccc2)CC1.I. The Kier molecular flexibility index (Phi) is 11.1. The third-order valence-corrected chi connectivity index (χ3v) is 5.68. The molecule has 6 nitrogen and oxygen atoms in total. The summed E-state index contributed by atoms with van der Waals surface area (Å²) < 4.78 is 0. The van der Waals surface area contributed by atoms with Crippen LogP contribution in [0.15, 0.2) is 53.7 Å². The molecule has 2 N–H and O–H groups in total. The Bertz CT molecular complexity index is 824. The molecule has 168 valence electrons. The molecule has 0 bridgehead atoms. The van der Waals surface area contributed by atoms with Crippen molar-refractivity contribution >= 4 is 47.4 Å². The first-order chi connectivity index (χ1) is 14.6. The summed E-state index contributed by atoms with van der Waals surface area (Å²) in [6.45, 7) is 2.61. The number of carbonyl (C=O) groups is 1. The summed E-state index contributed by atoms with van der Waals surface area (Å²) in [5, 5.41) is 6.85. The van der Waals surface area contributed by atoms with Gasteiger partial charge in [-0.05, 0) is 48.8 Å². The molecule has 1 saturated heterocycles. The van der Waals surface area contributed by atoms with Crippen molar-refractivity contribution in [1.82, 2.24) is 20.5 Å². The molecule has 2 aromatic rings. The molecule has 8 heteroatoms. The minimum atomic E-state index is 0. The molecule has 0 saturated carbocycles. The Morgan fingerprint density at radius 3 is 2.52 bits per heavy atom. The maximum atomic E-state index is 12.6. The van der Waals surface area contributed by atoms with Crippen LogP contribution in [-0.2, 0) is 17.6 Å². The third-order valence-electron chi connectivity index (χ3n) is 5.46. The summed E-state index contributed by atoms with van der Waals surface area (Å²) in [5.74, 6) is 1.41. The zero-order valence-corrected chi connectivity index (χ0v) is 21.0. The molecule has 1 aromatic heterocycles. The second-order valence-electron chi connectivity index (χ2n) is 7.61. The van der Waals surface area contributed by atoms with Crippen molar-refractivity contribution in [3.8, 4) is 0 Å². The van der Waals surface area contributed by atoms with E-state index in [1.807, 2.05) is 11.0 Å². The monoisotopic (exact) mass is 555 g/mol. The average Bonchev–Trinajstić information content (AvgIpc) is 2.78. The fraction of sp³-hybridized carbons (Fsp3) is 0.435. The first kappa shape index (κ1) is 25.4. The van der Waals surface area contributed by atoms with E-state index in [-0.39, 0.29) is 36.4 Å². The normalized spacial score (nSPS) is 14.6. The maximum Gasteiger partial charge on any atom is 0.241 e. The Labute approximate surface area is 206 Å². The molecule has 1 aliphatic rings. The molecule has 0 unspecified atom stereocenters. The fourth-order valence-electron chi connectivity index (χ4n) is 3.71. The highest BCUT2D eigenvalue weighted by molar-refractivity contribution is 14.0. The highest BCUT2D eigenvalue weighted by atomic mass is 127. The maximum absolute atomic E-state index is 12.6. The van der Waals surface area contributed by atoms with E-state index in [0.29, 0.717) is 23.6 Å². The van der Waals surface area contributed by atoms with E-state index in [1.54, 1.807) is 19.3 Å². The highest BCUT2D eigenvalue weighted by Crippen LogP contribution is 2.21. The van der Waals surface area contributed by atoms with Gasteiger partial charge in [0.25, 0.3) is 0 Å². The van der Waals surface area contributed by atoms with E-state index in [4.69, 9.17) is 11.6 Å². The van der Waals surface area contributed by atoms with Crippen LogP contribution in [0, 0.1) is 5.92 Å². The van der Waals surface area contributed by atoms with Gasteiger partial charge in [-0.1, -0.05) is 48.0 Å². The van der Waals surface area contributed by atoms with Crippen molar-refractivity contribution in [1.29, 1.82) is 0 Å². The van der Waals surface area contributed by atoms with E-state index in [2.05, 4.69) is 50.9 Å². The van der Waals surface area contributed by atoms with Crippen LogP contribution in [0.2, 0.25) is 5.15 Å². The number of nitrogens with one attached hydrogen (secondary N) is 2. The number of guanidine groups is 1. The van der Waals surface area contributed by atoms with E-state index >= 15 is 0 Å². The molecule has 31 heavy (non-hydrogen) atoms. The van der Waals surface area contributed by atoms with Gasteiger partial charge in [-0.3, -0.25) is 9.79 Å². The number of halogens is 2. The van der Waals surface area contributed by atoms with Crippen LogP contribution in [0.25, 0.3) is 0 Å². The predicted octanol–water partition coefficient (Wildman–Crippen LogP) is 3.54. The number of amides is 1. The minimum Gasteiger partial charge on any atom is -0.356 e. The van der Waals surface area contributed by atoms with E-state index in [9.17, 15) is 4.79 Å². The summed E-state index contributed by atoms with van der Waals surface area (Å²) in [4.78, 5) is 22.8. The number of aromatic nitrogens is 1. The Morgan fingerprint density at radius 1 is 1.13 bits per heavy atom. The molecule has 1 aromatic carbocycles. The lowest BCUT2D eigenvalue weighted by Crippen LogP contribution is -2.47. The smallest absolute Gasteiger partial charge is 0.241 e. The van der Waals surface area contributed by atoms with Gasteiger partial charge in [0.15, 0.2) is 5.96 Å². The molecule has 1 fully saturated rings. The molecule has 1 amide bonds. The van der Waals surface area contributed by atoms with Crippen molar-refractivity contribution < 1.29 is 4.79 Å². The van der Waals surface area contributed by atoms with Crippen molar-refractivity contribution in [3.63, 3.8) is 0 Å². The molecule has 0 aliphatic carbocycles. The number of benzene rings is 1. The van der Waals surface area contributed by atoms with Crippen molar-refractivity contribution in [2.45, 2.75) is 25.7 Å². The van der Waals surface area contributed by atoms with Gasteiger partial charge in [0.2, 0.25) is 5.91 Å². The van der Waals surface area contributed by atoms with Gasteiger partial charge in [0, 0.05) is 32.9 Å². The topological polar surface area (TPSA) is 69.6 Å². The van der Waals surface area contributed by atoms with Crippen LogP contribution < -0.4 is 10.6 Å². The highest BCUT2D eigenvalue weighted by Gasteiger charge is 2.22. The lowest BCUT2D eigenvalue weighted by Gasteiger charge is -2.32. The number of likely N-dealkylation sites (tertiary alicyclic amines) is 1. The number of pyridine rings is 1. The summed E-state index contributed by atoms with van der Waals surface area (Å²) in [7, 11) is 1.71. The Balaban J connectivity index is 0.00000341. The number of hydrogen-bond donors (Lipinski definition) is 2. The summed E-state index contributed by atoms with van der Waals surface area (Å²) in [5.41, 5.74) is 2.48. The van der Waals surface area contributed by atoms with Crippen LogP contribution in [0.5, 0.6) is 0 Å². The van der Waals surface area contributed by atoms with Gasteiger partial charge >= 0.3 is 0 Å². The second-order valence-corrected chi connectivity index (χ2v) is 7.99. The van der Waals surface area contributed by atoms with Crippen molar-refractivity contribution in [2.75, 3.05) is 33.2 Å². The zero-order chi connectivity index (χ0) is 21.2. The zero-order valence-electron chi connectivity index (χ0n) is 17.9. The van der Waals surface area contributed by atoms with Gasteiger partial charge in [-0.15, -0.1) is 24.0 Å². The van der Waals surface area contributed by atoms with Crippen LogP contribution in [0.1, 0.15) is 24.0 Å². The Morgan fingerprint density at radius 2 is 1.87 bits per heavy atom. The lowest BCUT2D eigenvalue weighted by molar-refractivity contribution is -0.131. The van der Waals surface area contributed by atoms with Gasteiger partial charge < -0.3 is 15.5 Å². The minimum absolute atomic E-state index is 0. The van der Waals surface area contributed by atoms with Crippen LogP contribution in [0.4, 0.5) is 0 Å². The first-order valence-corrected chi connectivity index (χ1v) is 10.9. The molecule has 0 radical (unpaired) electrons. The fourth-order valence-corrected chi connectivity index (χ4v) is 3.82. The van der Waals surface area contributed by atoms with Gasteiger partial charge in [0.1, 0.15) is 5.15 Å². The summed E-state index contributed by atoms with van der Waals surface area (Å²) >= 11 is 5.81. The summed E-state index contributed by atoms with van der Waals surface area (Å²) in [6, 6.07) is 14.3. The quantitative estimate of drug-likeness (QED) is 0.237. The molecular weight excluding hydrogens is 525 g/mol. The third kappa shape index (κ3) is 8.65. The number of carbonyl (C=O) groups excluding carboxylic acids is 1. The van der Waals surface area contributed by atoms with E-state index < -0.39 is 0 Å². The Hall–Kier alpha value is -1.87. The van der Waals surface area contributed by atoms with E-state index in [0.717, 1.165) is 44.3 Å². The van der Waals surface area contributed by atoms with Gasteiger partial charge in [0.05, 0.1) is 6.54 Å². The largest absolute Gasteiger partial charge is 0.356 e. The number of rotatable bonds is 7. The molecular formula is C23H31ClIN5O. The first-order valence-electron chi connectivity index (χ1n) is 10.5. The number of hydrogen-bond acceptors (Lipinski definition) is 3. The molecule has 1 aliphatic heterocycles. The standard InChI is InChI=1S/C23H30ClN5O.HI/c1-25-23(26-12-9-20-7-8-21(24)27-16-20)28-17-22(30)29-13-10-19(11-14-29)15-18-5-3-2-4-6-18;/h2-8,16,19H,9-15,17H2,1H3,(H2,25,26,28);1H. The summed E-state index contributed by atoms with van der Waals surface area (Å²) in [6.07, 6.45) is 5.78. The van der Waals surface area contributed by atoms with Crippen LogP contribution in [0.3, 0.4) is 0 Å². The molecule has 0 spiro atoms. The van der Waals surface area contributed by atoms with E-state index in [1.165, 1.54) is 5.56 Å². The van der Waals surface area contributed by atoms with Crippen molar-refractivity contribution in [3.05, 3.63) is 64.9 Å². The van der Waals surface area contributed by atoms with Crippen molar-refractivity contribution in [2.24, 2.45) is 10.9 Å².